The molecule has 0 saturated heterocycles. The zero-order valence-corrected chi connectivity index (χ0v) is 11.2. The minimum atomic E-state index is -0.647. The summed E-state index contributed by atoms with van der Waals surface area (Å²) in [5.74, 6) is 0.384. The summed E-state index contributed by atoms with van der Waals surface area (Å²) in [4.78, 5) is 11.6. The second kappa shape index (κ2) is 5.06. The summed E-state index contributed by atoms with van der Waals surface area (Å²) in [7, 11) is 2.97. The molecule has 1 aromatic rings. The van der Waals surface area contributed by atoms with Gasteiger partial charge >= 0.3 is 5.97 Å². The van der Waals surface area contributed by atoms with Crippen LogP contribution >= 0.6 is 15.9 Å². The normalized spacial score (nSPS) is 18.4. The molecule has 0 fully saturated rings. The lowest BCUT2D eigenvalue weighted by Crippen LogP contribution is -2.24. The molecule has 0 aliphatic carbocycles. The molecule has 1 aliphatic rings. The van der Waals surface area contributed by atoms with E-state index >= 15 is 0 Å². The van der Waals surface area contributed by atoms with Crippen LogP contribution in [0.1, 0.15) is 17.2 Å². The van der Waals surface area contributed by atoms with Gasteiger partial charge in [-0.3, -0.25) is 0 Å². The number of carbonyl (C=O) groups is 1. The van der Waals surface area contributed by atoms with Gasteiger partial charge in [0.1, 0.15) is 5.75 Å². The maximum absolute atomic E-state index is 11.6. The molecule has 0 spiro atoms. The molecule has 0 radical (unpaired) electrons. The van der Waals surface area contributed by atoms with Gasteiger partial charge in [0.15, 0.2) is 6.10 Å². The van der Waals surface area contributed by atoms with E-state index in [-0.39, 0.29) is 5.97 Å². The van der Waals surface area contributed by atoms with E-state index in [0.29, 0.717) is 6.61 Å². The van der Waals surface area contributed by atoms with Crippen LogP contribution in [0.3, 0.4) is 0 Å². The molecule has 0 saturated carbocycles. The third-order valence-corrected chi connectivity index (χ3v) is 3.41. The van der Waals surface area contributed by atoms with Crippen molar-refractivity contribution in [2.45, 2.75) is 12.5 Å². The van der Waals surface area contributed by atoms with Crippen molar-refractivity contribution in [3.63, 3.8) is 0 Å². The van der Waals surface area contributed by atoms with E-state index in [4.69, 9.17) is 14.2 Å². The van der Waals surface area contributed by atoms with Crippen LogP contribution in [0.5, 0.6) is 5.75 Å². The predicted octanol–water partition coefficient (Wildman–Crippen LogP) is 2.24. The molecule has 1 aromatic carbocycles. The molecule has 0 N–H and O–H groups in total. The van der Waals surface area contributed by atoms with Gasteiger partial charge < -0.3 is 14.2 Å². The van der Waals surface area contributed by atoms with E-state index < -0.39 is 6.10 Å². The van der Waals surface area contributed by atoms with Crippen molar-refractivity contribution in [2.24, 2.45) is 0 Å². The molecule has 0 bridgehead atoms. The van der Waals surface area contributed by atoms with Crippen LogP contribution in [0, 0.1) is 0 Å². The van der Waals surface area contributed by atoms with Gasteiger partial charge in [0.05, 0.1) is 25.3 Å². The Labute approximate surface area is 108 Å². The zero-order valence-electron chi connectivity index (χ0n) is 9.66. The van der Waals surface area contributed by atoms with Gasteiger partial charge in [0, 0.05) is 5.56 Å². The van der Waals surface area contributed by atoms with E-state index in [1.165, 1.54) is 7.11 Å². The molecule has 0 unspecified atom stereocenters. The molecule has 4 nitrogen and oxygen atoms in total. The van der Waals surface area contributed by atoms with Gasteiger partial charge in [-0.15, -0.1) is 0 Å². The molecule has 0 aromatic heterocycles. The Balaban J connectivity index is 2.49. The largest absolute Gasteiger partial charge is 0.495 e. The monoisotopic (exact) mass is 300 g/mol. The van der Waals surface area contributed by atoms with E-state index in [2.05, 4.69) is 15.9 Å². The van der Waals surface area contributed by atoms with Gasteiger partial charge in [0.2, 0.25) is 0 Å². The number of methoxy groups -OCH3 is 2. The van der Waals surface area contributed by atoms with Crippen molar-refractivity contribution in [3.05, 3.63) is 27.7 Å². The summed E-state index contributed by atoms with van der Waals surface area (Å²) < 4.78 is 16.4. The van der Waals surface area contributed by atoms with Gasteiger partial charge in [-0.1, -0.05) is 6.07 Å². The lowest BCUT2D eigenvalue weighted by atomic mass is 9.96. The van der Waals surface area contributed by atoms with E-state index in [1.54, 1.807) is 7.11 Å². The Morgan fingerprint density at radius 3 is 2.88 bits per heavy atom. The maximum Gasteiger partial charge on any atom is 0.339 e. The average Bonchev–Trinajstić information content (AvgIpc) is 2.37. The first-order valence-electron chi connectivity index (χ1n) is 5.23. The average molecular weight is 301 g/mol. The fourth-order valence-corrected chi connectivity index (χ4v) is 2.54. The Morgan fingerprint density at radius 1 is 1.47 bits per heavy atom. The molecule has 92 valence electrons. The number of halogens is 1. The molecular weight excluding hydrogens is 288 g/mol. The van der Waals surface area contributed by atoms with Gasteiger partial charge in [-0.2, -0.15) is 0 Å². The zero-order chi connectivity index (χ0) is 12.4. The summed E-state index contributed by atoms with van der Waals surface area (Å²) in [5, 5.41) is 0. The van der Waals surface area contributed by atoms with Gasteiger partial charge in [0.25, 0.3) is 0 Å². The van der Waals surface area contributed by atoms with Crippen LogP contribution in [0.2, 0.25) is 0 Å². The number of fused-ring (bicyclic) bond motifs is 1. The minimum Gasteiger partial charge on any atom is -0.495 e. The van der Waals surface area contributed by atoms with E-state index in [1.807, 2.05) is 12.1 Å². The van der Waals surface area contributed by atoms with Crippen LogP contribution in [-0.4, -0.2) is 26.8 Å². The molecule has 1 heterocycles. The molecular formula is C12H13BrO4. The molecule has 5 heteroatoms. The highest BCUT2D eigenvalue weighted by Gasteiger charge is 2.30. The number of ether oxygens (including phenoxy) is 3. The quantitative estimate of drug-likeness (QED) is 0.786. The van der Waals surface area contributed by atoms with Crippen LogP contribution in [0.4, 0.5) is 0 Å². The topological polar surface area (TPSA) is 44.8 Å². The summed E-state index contributed by atoms with van der Waals surface area (Å²) in [6.45, 7) is 0.486. The standard InChI is InChI=1S/C12H13BrO4/c1-15-10-8-5-6-17-11(12(14)16-2)7(8)3-4-9(10)13/h3-4,11H,5-6H2,1-2H3/t11-/m0/s1. The number of benzene rings is 1. The summed E-state index contributed by atoms with van der Waals surface area (Å²) in [6, 6.07) is 3.71. The highest BCUT2D eigenvalue weighted by molar-refractivity contribution is 9.10. The van der Waals surface area contributed by atoms with Crippen molar-refractivity contribution < 1.29 is 19.0 Å². The number of carbonyl (C=O) groups excluding carboxylic acids is 1. The highest BCUT2D eigenvalue weighted by atomic mass is 79.9. The van der Waals surface area contributed by atoms with Crippen molar-refractivity contribution in [1.29, 1.82) is 0 Å². The first kappa shape index (κ1) is 12.4. The van der Waals surface area contributed by atoms with Crippen LogP contribution in [-0.2, 0) is 20.7 Å². The van der Waals surface area contributed by atoms with Crippen LogP contribution < -0.4 is 4.74 Å². The fraction of sp³-hybridized carbons (Fsp3) is 0.417. The first-order chi connectivity index (χ1) is 8.19. The molecule has 1 aliphatic heterocycles. The van der Waals surface area contributed by atoms with Gasteiger partial charge in [-0.25, -0.2) is 4.79 Å². The summed E-state index contributed by atoms with van der Waals surface area (Å²) in [5.41, 5.74) is 1.83. The van der Waals surface area contributed by atoms with Crippen molar-refractivity contribution >= 4 is 21.9 Å². The van der Waals surface area contributed by atoms with E-state index in [9.17, 15) is 4.79 Å². The SMILES string of the molecule is COC(=O)[C@H]1OCCc2c1ccc(Br)c2OC. The third kappa shape index (κ3) is 2.17. The number of esters is 1. The number of hydrogen-bond donors (Lipinski definition) is 0. The summed E-state index contributed by atoms with van der Waals surface area (Å²) in [6.07, 6.45) is 0.0802. The third-order valence-electron chi connectivity index (χ3n) is 2.79. The molecule has 1 atom stereocenters. The number of hydrogen-bond acceptors (Lipinski definition) is 4. The second-order valence-corrected chi connectivity index (χ2v) is 4.53. The second-order valence-electron chi connectivity index (χ2n) is 3.67. The minimum absolute atomic E-state index is 0.379. The first-order valence-corrected chi connectivity index (χ1v) is 6.03. The van der Waals surface area contributed by atoms with Crippen LogP contribution in [0.25, 0.3) is 0 Å². The van der Waals surface area contributed by atoms with Gasteiger partial charge in [-0.05, 0) is 34.0 Å². The molecule has 0 amide bonds. The highest BCUT2D eigenvalue weighted by Crippen LogP contribution is 2.38. The maximum atomic E-state index is 11.6. The van der Waals surface area contributed by atoms with Crippen LogP contribution in [0.15, 0.2) is 16.6 Å². The van der Waals surface area contributed by atoms with E-state index in [0.717, 1.165) is 27.8 Å². The van der Waals surface area contributed by atoms with Crippen molar-refractivity contribution in [2.75, 3.05) is 20.8 Å². The lowest BCUT2D eigenvalue weighted by Gasteiger charge is -2.26. The Kier molecular flexibility index (Phi) is 3.69. The Bertz CT molecular complexity index is 444. The Morgan fingerprint density at radius 2 is 2.24 bits per heavy atom. The Hall–Kier alpha value is -1.07. The fourth-order valence-electron chi connectivity index (χ4n) is 2.01. The van der Waals surface area contributed by atoms with Crippen molar-refractivity contribution in [3.8, 4) is 5.75 Å². The van der Waals surface area contributed by atoms with Crippen molar-refractivity contribution in [1.82, 2.24) is 0 Å². The number of rotatable bonds is 2. The predicted molar refractivity (Wildman–Crippen MR) is 65.1 cm³/mol. The molecule has 2 rings (SSSR count). The lowest BCUT2D eigenvalue weighted by molar-refractivity contribution is -0.155. The smallest absolute Gasteiger partial charge is 0.339 e. The summed E-state index contributed by atoms with van der Waals surface area (Å²) >= 11 is 3.43. The molecule has 17 heavy (non-hydrogen) atoms.